The number of hydrogen-bond donors (Lipinski definition) is 2. The molecule has 1 aromatic rings. The second-order valence-corrected chi connectivity index (χ2v) is 5.33. The van der Waals surface area contributed by atoms with E-state index < -0.39 is 0 Å². The minimum Gasteiger partial charge on any atom is -0.324 e. The van der Waals surface area contributed by atoms with Gasteiger partial charge in [0.2, 0.25) is 5.91 Å². The Morgan fingerprint density at radius 2 is 2.06 bits per heavy atom. The number of carbonyl (C=O) groups is 1. The lowest BCUT2D eigenvalue weighted by Gasteiger charge is -2.31. The molecule has 3 rings (SSSR count). The van der Waals surface area contributed by atoms with Crippen LogP contribution in [0, 0.1) is 0 Å². The Labute approximate surface area is 108 Å². The number of amides is 1. The van der Waals surface area contributed by atoms with Crippen LogP contribution in [-0.2, 0) is 4.79 Å². The zero-order valence-electron chi connectivity index (χ0n) is 9.37. The molecule has 0 radical (unpaired) electrons. The summed E-state index contributed by atoms with van der Waals surface area (Å²) in [7, 11) is 0. The van der Waals surface area contributed by atoms with Gasteiger partial charge in [0.05, 0.1) is 0 Å². The Morgan fingerprint density at radius 3 is 2.82 bits per heavy atom. The van der Waals surface area contributed by atoms with Crippen LogP contribution in [0.5, 0.6) is 0 Å². The highest BCUT2D eigenvalue weighted by Gasteiger charge is 2.35. The fourth-order valence-electron chi connectivity index (χ4n) is 2.52. The van der Waals surface area contributed by atoms with Crippen molar-refractivity contribution in [2.24, 2.45) is 0 Å². The molecule has 0 aromatic heterocycles. The predicted octanol–water partition coefficient (Wildman–Crippen LogP) is 1.35. The Morgan fingerprint density at radius 1 is 1.29 bits per heavy atom. The average Bonchev–Trinajstić information content (AvgIpc) is 2.65. The normalized spacial score (nSPS) is 24.5. The highest BCUT2D eigenvalue weighted by atomic mass is 79.9. The summed E-state index contributed by atoms with van der Waals surface area (Å²) in [5, 5.41) is 6.26. The monoisotopic (exact) mass is 295 g/mol. The molecule has 5 heteroatoms. The third-order valence-corrected chi connectivity index (χ3v) is 3.83. The maximum absolute atomic E-state index is 12.1. The lowest BCUT2D eigenvalue weighted by Crippen LogP contribution is -2.46. The SMILES string of the molecule is O=C1Nc2cc(Br)ccc2C1N1CCNCC1. The minimum absolute atomic E-state index is 0.0972. The summed E-state index contributed by atoms with van der Waals surface area (Å²) >= 11 is 3.43. The number of benzene rings is 1. The van der Waals surface area contributed by atoms with Crippen molar-refractivity contribution in [3.05, 3.63) is 28.2 Å². The van der Waals surface area contributed by atoms with E-state index in [1.54, 1.807) is 0 Å². The highest BCUT2D eigenvalue weighted by molar-refractivity contribution is 9.10. The van der Waals surface area contributed by atoms with Gasteiger partial charge >= 0.3 is 0 Å². The molecule has 0 saturated carbocycles. The topological polar surface area (TPSA) is 44.4 Å². The van der Waals surface area contributed by atoms with Crippen molar-refractivity contribution < 1.29 is 4.79 Å². The number of piperazine rings is 1. The fourth-order valence-corrected chi connectivity index (χ4v) is 2.88. The molecule has 1 fully saturated rings. The fraction of sp³-hybridized carbons (Fsp3) is 0.417. The van der Waals surface area contributed by atoms with E-state index in [-0.39, 0.29) is 11.9 Å². The summed E-state index contributed by atoms with van der Waals surface area (Å²) < 4.78 is 0.998. The van der Waals surface area contributed by atoms with E-state index >= 15 is 0 Å². The van der Waals surface area contributed by atoms with Crippen molar-refractivity contribution in [3.63, 3.8) is 0 Å². The first-order valence-electron chi connectivity index (χ1n) is 5.81. The van der Waals surface area contributed by atoms with Gasteiger partial charge in [0, 0.05) is 41.9 Å². The van der Waals surface area contributed by atoms with Crippen LogP contribution in [-0.4, -0.2) is 37.0 Å². The zero-order valence-corrected chi connectivity index (χ0v) is 11.0. The molecule has 2 N–H and O–H groups in total. The molecule has 0 aliphatic carbocycles. The third kappa shape index (κ3) is 1.99. The van der Waals surface area contributed by atoms with Gasteiger partial charge in [0.1, 0.15) is 6.04 Å². The van der Waals surface area contributed by atoms with Crippen LogP contribution < -0.4 is 10.6 Å². The van der Waals surface area contributed by atoms with Crippen LogP contribution in [0.1, 0.15) is 11.6 Å². The number of anilines is 1. The summed E-state index contributed by atoms with van der Waals surface area (Å²) in [6.45, 7) is 3.76. The highest BCUT2D eigenvalue weighted by Crippen LogP contribution is 2.36. The van der Waals surface area contributed by atoms with Crippen LogP contribution in [0.3, 0.4) is 0 Å². The van der Waals surface area contributed by atoms with Crippen molar-refractivity contribution in [1.29, 1.82) is 0 Å². The number of rotatable bonds is 1. The van der Waals surface area contributed by atoms with Gasteiger partial charge in [0.25, 0.3) is 0 Å². The van der Waals surface area contributed by atoms with E-state index in [9.17, 15) is 4.79 Å². The molecule has 1 amide bonds. The average molecular weight is 296 g/mol. The largest absolute Gasteiger partial charge is 0.324 e. The van der Waals surface area contributed by atoms with Crippen LogP contribution >= 0.6 is 15.9 Å². The van der Waals surface area contributed by atoms with Crippen molar-refractivity contribution in [3.8, 4) is 0 Å². The molecule has 17 heavy (non-hydrogen) atoms. The summed E-state index contributed by atoms with van der Waals surface area (Å²) in [6, 6.07) is 5.88. The number of halogens is 1. The molecule has 2 aliphatic heterocycles. The van der Waals surface area contributed by atoms with Gasteiger partial charge in [-0.15, -0.1) is 0 Å². The third-order valence-electron chi connectivity index (χ3n) is 3.33. The molecule has 0 spiro atoms. The van der Waals surface area contributed by atoms with Gasteiger partial charge in [-0.2, -0.15) is 0 Å². The minimum atomic E-state index is -0.111. The van der Waals surface area contributed by atoms with Crippen LogP contribution in [0.2, 0.25) is 0 Å². The van der Waals surface area contributed by atoms with Gasteiger partial charge < -0.3 is 10.6 Å². The van der Waals surface area contributed by atoms with Crippen molar-refractivity contribution in [2.75, 3.05) is 31.5 Å². The Balaban J connectivity index is 1.93. The molecule has 2 heterocycles. The molecule has 1 unspecified atom stereocenters. The van der Waals surface area contributed by atoms with Crippen molar-refractivity contribution in [2.45, 2.75) is 6.04 Å². The molecular formula is C12H14BrN3O. The lowest BCUT2D eigenvalue weighted by molar-refractivity contribution is -0.121. The van der Waals surface area contributed by atoms with Crippen LogP contribution in [0.4, 0.5) is 5.69 Å². The Kier molecular flexibility index (Phi) is 2.90. The van der Waals surface area contributed by atoms with E-state index in [1.165, 1.54) is 0 Å². The number of nitrogens with one attached hydrogen (secondary N) is 2. The number of hydrogen-bond acceptors (Lipinski definition) is 3. The Hall–Kier alpha value is -0.910. The van der Waals surface area contributed by atoms with E-state index in [2.05, 4.69) is 31.5 Å². The molecular weight excluding hydrogens is 282 g/mol. The van der Waals surface area contributed by atoms with E-state index in [0.717, 1.165) is 41.9 Å². The summed E-state index contributed by atoms with van der Waals surface area (Å²) in [4.78, 5) is 14.3. The molecule has 0 bridgehead atoms. The van der Waals surface area contributed by atoms with Gasteiger partial charge in [-0.3, -0.25) is 9.69 Å². The zero-order chi connectivity index (χ0) is 11.8. The van der Waals surface area contributed by atoms with E-state index in [0.29, 0.717) is 0 Å². The summed E-state index contributed by atoms with van der Waals surface area (Å²) in [6.07, 6.45) is 0. The number of fused-ring (bicyclic) bond motifs is 1. The van der Waals surface area contributed by atoms with Gasteiger partial charge in [-0.1, -0.05) is 22.0 Å². The lowest BCUT2D eigenvalue weighted by atomic mass is 10.1. The number of nitrogens with zero attached hydrogens (tertiary/aromatic N) is 1. The maximum atomic E-state index is 12.1. The molecule has 4 nitrogen and oxygen atoms in total. The van der Waals surface area contributed by atoms with Crippen molar-refractivity contribution in [1.82, 2.24) is 10.2 Å². The van der Waals surface area contributed by atoms with Gasteiger partial charge in [0.15, 0.2) is 0 Å². The quantitative estimate of drug-likeness (QED) is 0.822. The molecule has 90 valence electrons. The second kappa shape index (κ2) is 4.40. The number of carbonyl (C=O) groups excluding carboxylic acids is 1. The van der Waals surface area contributed by atoms with Gasteiger partial charge in [-0.25, -0.2) is 0 Å². The van der Waals surface area contributed by atoms with Crippen molar-refractivity contribution >= 4 is 27.5 Å². The first-order chi connectivity index (χ1) is 8.25. The first kappa shape index (κ1) is 11.2. The van der Waals surface area contributed by atoms with Gasteiger partial charge in [-0.05, 0) is 12.1 Å². The standard InChI is InChI=1S/C12H14BrN3O/c13-8-1-2-9-10(7-8)15-12(17)11(9)16-5-3-14-4-6-16/h1-2,7,11,14H,3-6H2,(H,15,17). The van der Waals surface area contributed by atoms with Crippen LogP contribution in [0.25, 0.3) is 0 Å². The summed E-state index contributed by atoms with van der Waals surface area (Å²) in [5.74, 6) is 0.0972. The first-order valence-corrected chi connectivity index (χ1v) is 6.60. The Bertz CT molecular complexity index is 457. The second-order valence-electron chi connectivity index (χ2n) is 4.41. The van der Waals surface area contributed by atoms with E-state index in [4.69, 9.17) is 0 Å². The van der Waals surface area contributed by atoms with E-state index in [1.807, 2.05) is 18.2 Å². The summed E-state index contributed by atoms with van der Waals surface area (Å²) in [5.41, 5.74) is 2.04. The van der Waals surface area contributed by atoms with Crippen LogP contribution in [0.15, 0.2) is 22.7 Å². The maximum Gasteiger partial charge on any atom is 0.246 e. The molecule has 2 aliphatic rings. The molecule has 1 saturated heterocycles. The predicted molar refractivity (Wildman–Crippen MR) is 70.0 cm³/mol. The molecule has 1 aromatic carbocycles. The smallest absolute Gasteiger partial charge is 0.246 e. The molecule has 1 atom stereocenters.